The largest absolute Gasteiger partial charge is 0.313 e. The summed E-state index contributed by atoms with van der Waals surface area (Å²) in [5.41, 5.74) is 1.52. The van der Waals surface area contributed by atoms with Crippen molar-refractivity contribution in [2.24, 2.45) is 0 Å². The van der Waals surface area contributed by atoms with E-state index >= 15 is 0 Å². The lowest BCUT2D eigenvalue weighted by Gasteiger charge is -2.20. The van der Waals surface area contributed by atoms with E-state index in [0.717, 1.165) is 26.1 Å². The Bertz CT molecular complexity index is 277. The van der Waals surface area contributed by atoms with Gasteiger partial charge in [0.15, 0.2) is 0 Å². The molecule has 1 heterocycles. The van der Waals surface area contributed by atoms with Gasteiger partial charge in [-0.05, 0) is 58.0 Å². The first kappa shape index (κ1) is 13.1. The summed E-state index contributed by atoms with van der Waals surface area (Å²) in [5.74, 6) is 0. The maximum absolute atomic E-state index is 3.99. The van der Waals surface area contributed by atoms with Crippen LogP contribution in [0.1, 0.15) is 32.8 Å². The van der Waals surface area contributed by atoms with Crippen LogP contribution in [-0.4, -0.2) is 23.6 Å². The SMILES string of the molecule is CC(C)(C)NCCCNCc1ccncc1. The summed E-state index contributed by atoms with van der Waals surface area (Å²) in [4.78, 5) is 3.99. The molecule has 2 N–H and O–H groups in total. The fourth-order valence-corrected chi connectivity index (χ4v) is 1.41. The van der Waals surface area contributed by atoms with Crippen LogP contribution >= 0.6 is 0 Å². The summed E-state index contributed by atoms with van der Waals surface area (Å²) in [6, 6.07) is 4.08. The molecule has 0 spiro atoms. The van der Waals surface area contributed by atoms with Crippen molar-refractivity contribution in [3.05, 3.63) is 30.1 Å². The monoisotopic (exact) mass is 221 g/mol. The third-order valence-electron chi connectivity index (χ3n) is 2.26. The summed E-state index contributed by atoms with van der Waals surface area (Å²) in [6.45, 7) is 9.61. The fraction of sp³-hybridized carbons (Fsp3) is 0.615. The number of hydrogen-bond acceptors (Lipinski definition) is 3. The predicted octanol–water partition coefficient (Wildman–Crippen LogP) is 1.95. The summed E-state index contributed by atoms with van der Waals surface area (Å²) in [7, 11) is 0. The Morgan fingerprint density at radius 3 is 2.44 bits per heavy atom. The predicted molar refractivity (Wildman–Crippen MR) is 68.3 cm³/mol. The molecule has 90 valence electrons. The molecule has 3 heteroatoms. The van der Waals surface area contributed by atoms with Crippen LogP contribution in [0.15, 0.2) is 24.5 Å². The van der Waals surface area contributed by atoms with Gasteiger partial charge in [0.25, 0.3) is 0 Å². The highest BCUT2D eigenvalue weighted by Gasteiger charge is 2.06. The maximum Gasteiger partial charge on any atom is 0.0271 e. The van der Waals surface area contributed by atoms with Gasteiger partial charge in [0.05, 0.1) is 0 Å². The number of pyridine rings is 1. The summed E-state index contributed by atoms with van der Waals surface area (Å²) in [6.07, 6.45) is 4.82. The van der Waals surface area contributed by atoms with E-state index in [4.69, 9.17) is 0 Å². The van der Waals surface area contributed by atoms with E-state index in [1.807, 2.05) is 24.5 Å². The quantitative estimate of drug-likeness (QED) is 0.721. The van der Waals surface area contributed by atoms with Crippen LogP contribution in [0.3, 0.4) is 0 Å². The van der Waals surface area contributed by atoms with Crippen molar-refractivity contribution >= 4 is 0 Å². The van der Waals surface area contributed by atoms with Gasteiger partial charge in [0.1, 0.15) is 0 Å². The second-order valence-corrected chi connectivity index (χ2v) is 5.06. The van der Waals surface area contributed by atoms with Crippen LogP contribution in [0, 0.1) is 0 Å². The van der Waals surface area contributed by atoms with Gasteiger partial charge in [-0.2, -0.15) is 0 Å². The molecule has 0 bridgehead atoms. The molecule has 1 aromatic rings. The van der Waals surface area contributed by atoms with Crippen LogP contribution in [0.25, 0.3) is 0 Å². The van der Waals surface area contributed by atoms with Gasteiger partial charge in [-0.1, -0.05) is 0 Å². The molecule has 1 rings (SSSR count). The van der Waals surface area contributed by atoms with E-state index in [1.165, 1.54) is 5.56 Å². The number of rotatable bonds is 6. The van der Waals surface area contributed by atoms with Crippen molar-refractivity contribution < 1.29 is 0 Å². The fourth-order valence-electron chi connectivity index (χ4n) is 1.41. The van der Waals surface area contributed by atoms with Crippen LogP contribution in [0.2, 0.25) is 0 Å². The van der Waals surface area contributed by atoms with Gasteiger partial charge in [-0.15, -0.1) is 0 Å². The molecule has 0 fully saturated rings. The molecule has 0 atom stereocenters. The van der Waals surface area contributed by atoms with E-state index in [-0.39, 0.29) is 5.54 Å². The summed E-state index contributed by atoms with van der Waals surface area (Å²) in [5, 5.41) is 6.89. The van der Waals surface area contributed by atoms with Gasteiger partial charge in [0, 0.05) is 24.5 Å². The maximum atomic E-state index is 3.99. The molecule has 0 amide bonds. The minimum atomic E-state index is 0.227. The van der Waals surface area contributed by atoms with Gasteiger partial charge in [0.2, 0.25) is 0 Å². The Labute approximate surface area is 98.7 Å². The van der Waals surface area contributed by atoms with E-state index in [1.54, 1.807) is 0 Å². The molecule has 0 saturated carbocycles. The lowest BCUT2D eigenvalue weighted by atomic mass is 10.1. The zero-order chi connectivity index (χ0) is 11.9. The number of hydrogen-bond donors (Lipinski definition) is 2. The van der Waals surface area contributed by atoms with Crippen molar-refractivity contribution in [1.29, 1.82) is 0 Å². The average Bonchev–Trinajstić information content (AvgIpc) is 2.23. The van der Waals surface area contributed by atoms with Crippen LogP contribution in [-0.2, 0) is 6.54 Å². The van der Waals surface area contributed by atoms with E-state index < -0.39 is 0 Å². The molecular weight excluding hydrogens is 198 g/mol. The smallest absolute Gasteiger partial charge is 0.0271 e. The van der Waals surface area contributed by atoms with Crippen LogP contribution in [0.5, 0.6) is 0 Å². The molecule has 0 aliphatic carbocycles. The highest BCUT2D eigenvalue weighted by Crippen LogP contribution is 1.98. The van der Waals surface area contributed by atoms with Crippen LogP contribution < -0.4 is 10.6 Å². The first-order valence-corrected chi connectivity index (χ1v) is 5.92. The lowest BCUT2D eigenvalue weighted by Crippen LogP contribution is -2.37. The second kappa shape index (κ2) is 6.61. The molecule has 0 saturated heterocycles. The van der Waals surface area contributed by atoms with Gasteiger partial charge in [-0.25, -0.2) is 0 Å². The third-order valence-corrected chi connectivity index (χ3v) is 2.26. The molecule has 1 aromatic heterocycles. The molecule has 0 unspecified atom stereocenters. The standard InChI is InChI=1S/C13H23N3/c1-13(2,3)16-8-4-7-15-11-12-5-9-14-10-6-12/h5-6,9-10,15-16H,4,7-8,11H2,1-3H3. The molecule has 0 aromatic carbocycles. The van der Waals surface area contributed by atoms with Crippen molar-refractivity contribution in [3.63, 3.8) is 0 Å². The molecule has 3 nitrogen and oxygen atoms in total. The second-order valence-electron chi connectivity index (χ2n) is 5.06. The molecule has 0 radical (unpaired) electrons. The van der Waals surface area contributed by atoms with Crippen molar-refractivity contribution in [2.45, 2.75) is 39.3 Å². The number of nitrogens with zero attached hydrogens (tertiary/aromatic N) is 1. The first-order valence-electron chi connectivity index (χ1n) is 5.92. The lowest BCUT2D eigenvalue weighted by molar-refractivity contribution is 0.418. The average molecular weight is 221 g/mol. The highest BCUT2D eigenvalue weighted by atomic mass is 14.9. The van der Waals surface area contributed by atoms with Gasteiger partial charge >= 0.3 is 0 Å². The minimum absolute atomic E-state index is 0.227. The van der Waals surface area contributed by atoms with E-state index in [9.17, 15) is 0 Å². The Balaban J connectivity index is 2.01. The molecular formula is C13H23N3. The van der Waals surface area contributed by atoms with Crippen molar-refractivity contribution in [3.8, 4) is 0 Å². The van der Waals surface area contributed by atoms with Gasteiger partial charge < -0.3 is 10.6 Å². The summed E-state index contributed by atoms with van der Waals surface area (Å²) >= 11 is 0. The minimum Gasteiger partial charge on any atom is -0.313 e. The molecule has 16 heavy (non-hydrogen) atoms. The first-order chi connectivity index (χ1) is 7.58. The normalized spacial score (nSPS) is 11.7. The topological polar surface area (TPSA) is 37.0 Å². The molecule has 0 aliphatic heterocycles. The van der Waals surface area contributed by atoms with E-state index in [2.05, 4.69) is 36.4 Å². The number of nitrogens with one attached hydrogen (secondary N) is 2. The molecule has 0 aliphatic rings. The van der Waals surface area contributed by atoms with Crippen molar-refractivity contribution in [2.75, 3.05) is 13.1 Å². The Morgan fingerprint density at radius 1 is 1.12 bits per heavy atom. The third kappa shape index (κ3) is 6.53. The summed E-state index contributed by atoms with van der Waals surface area (Å²) < 4.78 is 0. The zero-order valence-electron chi connectivity index (χ0n) is 10.6. The highest BCUT2D eigenvalue weighted by molar-refractivity contribution is 5.08. The Hall–Kier alpha value is -0.930. The van der Waals surface area contributed by atoms with E-state index in [0.29, 0.717) is 0 Å². The number of aromatic nitrogens is 1. The van der Waals surface area contributed by atoms with Gasteiger partial charge in [-0.3, -0.25) is 4.98 Å². The van der Waals surface area contributed by atoms with Crippen LogP contribution in [0.4, 0.5) is 0 Å². The van der Waals surface area contributed by atoms with Crippen molar-refractivity contribution in [1.82, 2.24) is 15.6 Å². The Kier molecular flexibility index (Phi) is 5.43. The Morgan fingerprint density at radius 2 is 1.81 bits per heavy atom. The zero-order valence-corrected chi connectivity index (χ0v) is 10.6.